The van der Waals surface area contributed by atoms with Gasteiger partial charge in [-0.1, -0.05) is 4.49 Å². The highest BCUT2D eigenvalue weighted by atomic mass is 32.1. The van der Waals surface area contributed by atoms with Crippen molar-refractivity contribution in [2.24, 2.45) is 0 Å². The van der Waals surface area contributed by atoms with Gasteiger partial charge >= 0.3 is 0 Å². The average Bonchev–Trinajstić information content (AvgIpc) is 3.00. The summed E-state index contributed by atoms with van der Waals surface area (Å²) in [7, 11) is 0. The number of anilines is 1. The van der Waals surface area contributed by atoms with E-state index in [2.05, 4.69) is 19.9 Å². The summed E-state index contributed by atoms with van der Waals surface area (Å²) in [6, 6.07) is 5.99. The van der Waals surface area contributed by atoms with Crippen LogP contribution < -0.4 is 5.32 Å². The number of nitrogens with one attached hydrogen (secondary N) is 1. The smallest absolute Gasteiger partial charge is 0.198 e. The SMILES string of the molecule is c1cc2oc(C3CC3)nc2cc1NCc1csnn1. The van der Waals surface area contributed by atoms with Crippen LogP contribution in [0.5, 0.6) is 0 Å². The minimum Gasteiger partial charge on any atom is -0.440 e. The van der Waals surface area contributed by atoms with Crippen LogP contribution in [-0.2, 0) is 6.54 Å². The first-order chi connectivity index (χ1) is 9.38. The minimum absolute atomic E-state index is 0.546. The molecule has 2 heterocycles. The molecule has 0 bridgehead atoms. The maximum Gasteiger partial charge on any atom is 0.198 e. The van der Waals surface area contributed by atoms with Crippen LogP contribution in [0.1, 0.15) is 30.3 Å². The summed E-state index contributed by atoms with van der Waals surface area (Å²) in [5.41, 5.74) is 3.76. The van der Waals surface area contributed by atoms with Crippen LogP contribution in [0, 0.1) is 0 Å². The molecular formula is C13H12N4OS. The predicted molar refractivity (Wildman–Crippen MR) is 73.2 cm³/mol. The van der Waals surface area contributed by atoms with Crippen molar-refractivity contribution in [3.63, 3.8) is 0 Å². The van der Waals surface area contributed by atoms with Crippen LogP contribution in [-0.4, -0.2) is 14.6 Å². The second-order valence-electron chi connectivity index (χ2n) is 4.76. The van der Waals surface area contributed by atoms with Crippen molar-refractivity contribution in [1.82, 2.24) is 14.6 Å². The first-order valence-electron chi connectivity index (χ1n) is 6.29. The lowest BCUT2D eigenvalue weighted by atomic mass is 10.3. The molecule has 0 spiro atoms. The molecule has 1 aromatic carbocycles. The fourth-order valence-corrected chi connectivity index (χ4v) is 2.47. The van der Waals surface area contributed by atoms with Gasteiger partial charge in [-0.25, -0.2) is 4.98 Å². The van der Waals surface area contributed by atoms with E-state index in [-0.39, 0.29) is 0 Å². The van der Waals surface area contributed by atoms with Crippen molar-refractivity contribution >= 4 is 28.3 Å². The highest BCUT2D eigenvalue weighted by Gasteiger charge is 2.28. The molecule has 0 saturated heterocycles. The molecule has 0 amide bonds. The average molecular weight is 272 g/mol. The van der Waals surface area contributed by atoms with E-state index < -0.39 is 0 Å². The Balaban J connectivity index is 1.56. The Kier molecular flexibility index (Phi) is 2.48. The van der Waals surface area contributed by atoms with Crippen molar-refractivity contribution in [2.75, 3.05) is 5.32 Å². The molecule has 6 heteroatoms. The van der Waals surface area contributed by atoms with E-state index in [9.17, 15) is 0 Å². The fraction of sp³-hybridized carbons (Fsp3) is 0.308. The maximum atomic E-state index is 5.74. The van der Waals surface area contributed by atoms with Crippen LogP contribution in [0.2, 0.25) is 0 Å². The third kappa shape index (κ3) is 2.19. The zero-order valence-electron chi connectivity index (χ0n) is 10.2. The van der Waals surface area contributed by atoms with E-state index in [0.29, 0.717) is 12.5 Å². The molecule has 1 saturated carbocycles. The second-order valence-corrected chi connectivity index (χ2v) is 5.37. The summed E-state index contributed by atoms with van der Waals surface area (Å²) in [5.74, 6) is 1.43. The summed E-state index contributed by atoms with van der Waals surface area (Å²) in [6.07, 6.45) is 2.41. The van der Waals surface area contributed by atoms with Gasteiger partial charge in [0.2, 0.25) is 0 Å². The zero-order valence-corrected chi connectivity index (χ0v) is 11.0. The first-order valence-corrected chi connectivity index (χ1v) is 7.12. The Morgan fingerprint density at radius 2 is 2.32 bits per heavy atom. The van der Waals surface area contributed by atoms with Crippen LogP contribution >= 0.6 is 11.5 Å². The quantitative estimate of drug-likeness (QED) is 0.790. The Hall–Kier alpha value is -1.95. The molecule has 19 heavy (non-hydrogen) atoms. The highest BCUT2D eigenvalue weighted by Crippen LogP contribution is 2.40. The number of fused-ring (bicyclic) bond motifs is 1. The van der Waals surface area contributed by atoms with Crippen molar-refractivity contribution in [3.05, 3.63) is 35.2 Å². The summed E-state index contributed by atoms with van der Waals surface area (Å²) in [5, 5.41) is 9.25. The van der Waals surface area contributed by atoms with Gasteiger partial charge in [-0.2, -0.15) is 0 Å². The molecule has 4 rings (SSSR count). The molecule has 1 fully saturated rings. The molecule has 96 valence electrons. The topological polar surface area (TPSA) is 63.8 Å². The number of nitrogens with zero attached hydrogens (tertiary/aromatic N) is 3. The Labute approximate surface area is 113 Å². The molecule has 0 aliphatic heterocycles. The van der Waals surface area contributed by atoms with E-state index in [1.165, 1.54) is 24.4 Å². The van der Waals surface area contributed by atoms with Crippen molar-refractivity contribution in [2.45, 2.75) is 25.3 Å². The number of benzene rings is 1. The molecule has 3 aromatic rings. The van der Waals surface area contributed by atoms with Gasteiger partial charge in [-0.3, -0.25) is 0 Å². The molecule has 5 nitrogen and oxygen atoms in total. The lowest BCUT2D eigenvalue weighted by Gasteiger charge is -2.02. The minimum atomic E-state index is 0.546. The van der Waals surface area contributed by atoms with Gasteiger partial charge in [0, 0.05) is 17.0 Å². The molecule has 1 aliphatic carbocycles. The fourth-order valence-electron chi connectivity index (χ4n) is 2.01. The number of rotatable bonds is 4. The van der Waals surface area contributed by atoms with Crippen molar-refractivity contribution < 1.29 is 4.42 Å². The lowest BCUT2D eigenvalue weighted by molar-refractivity contribution is 0.533. The molecule has 2 aromatic heterocycles. The van der Waals surface area contributed by atoms with Crippen LogP contribution in [0.3, 0.4) is 0 Å². The van der Waals surface area contributed by atoms with Gasteiger partial charge in [0.05, 0.1) is 12.2 Å². The van der Waals surface area contributed by atoms with E-state index in [1.807, 2.05) is 23.6 Å². The number of oxazole rings is 1. The van der Waals surface area contributed by atoms with Gasteiger partial charge in [0.1, 0.15) is 5.52 Å². The Morgan fingerprint density at radius 1 is 1.37 bits per heavy atom. The normalized spacial score (nSPS) is 14.9. The Morgan fingerprint density at radius 3 is 3.11 bits per heavy atom. The number of hydrogen-bond donors (Lipinski definition) is 1. The Bertz CT molecular complexity index is 703. The molecular weight excluding hydrogens is 260 g/mol. The summed E-state index contributed by atoms with van der Waals surface area (Å²) in [4.78, 5) is 4.55. The lowest BCUT2D eigenvalue weighted by Crippen LogP contribution is -1.99. The van der Waals surface area contributed by atoms with Gasteiger partial charge in [-0.15, -0.1) is 5.10 Å². The molecule has 0 atom stereocenters. The van der Waals surface area contributed by atoms with E-state index >= 15 is 0 Å². The number of hydrogen-bond acceptors (Lipinski definition) is 6. The first kappa shape index (κ1) is 10.9. The van der Waals surface area contributed by atoms with Crippen LogP contribution in [0.4, 0.5) is 5.69 Å². The standard InChI is InChI=1S/C13H12N4OS/c1-2-8(1)13-15-11-5-9(3-4-12(11)18-13)14-6-10-7-19-17-16-10/h3-5,7-8,14H,1-2,6H2. The largest absolute Gasteiger partial charge is 0.440 e. The summed E-state index contributed by atoms with van der Waals surface area (Å²) in [6.45, 7) is 0.676. The van der Waals surface area contributed by atoms with Gasteiger partial charge in [-0.05, 0) is 42.6 Å². The third-order valence-corrected chi connectivity index (χ3v) is 3.76. The van der Waals surface area contributed by atoms with Crippen LogP contribution in [0.15, 0.2) is 28.0 Å². The molecule has 0 radical (unpaired) electrons. The van der Waals surface area contributed by atoms with Gasteiger partial charge in [0.15, 0.2) is 11.5 Å². The summed E-state index contributed by atoms with van der Waals surface area (Å²) >= 11 is 1.36. The zero-order chi connectivity index (χ0) is 12.7. The molecule has 1 aliphatic rings. The summed E-state index contributed by atoms with van der Waals surface area (Å²) < 4.78 is 9.58. The van der Waals surface area contributed by atoms with Crippen molar-refractivity contribution in [1.29, 1.82) is 0 Å². The molecule has 1 N–H and O–H groups in total. The predicted octanol–water partition coefficient (Wildman–Crippen LogP) is 3.17. The third-order valence-electron chi connectivity index (χ3n) is 3.21. The highest BCUT2D eigenvalue weighted by molar-refractivity contribution is 7.03. The van der Waals surface area contributed by atoms with Gasteiger partial charge < -0.3 is 9.73 Å². The maximum absolute atomic E-state index is 5.74. The van der Waals surface area contributed by atoms with E-state index in [4.69, 9.17) is 4.42 Å². The van der Waals surface area contributed by atoms with E-state index in [0.717, 1.165) is 28.4 Å². The molecule has 0 unspecified atom stereocenters. The van der Waals surface area contributed by atoms with E-state index in [1.54, 1.807) is 0 Å². The number of aromatic nitrogens is 3. The van der Waals surface area contributed by atoms with Crippen LogP contribution in [0.25, 0.3) is 11.1 Å². The van der Waals surface area contributed by atoms with Crippen molar-refractivity contribution in [3.8, 4) is 0 Å². The second kappa shape index (κ2) is 4.31. The monoisotopic (exact) mass is 272 g/mol. The van der Waals surface area contributed by atoms with Gasteiger partial charge in [0.25, 0.3) is 0 Å².